The van der Waals surface area contributed by atoms with E-state index in [2.05, 4.69) is 57.3 Å². The van der Waals surface area contributed by atoms with Gasteiger partial charge in [0.1, 0.15) is 0 Å². The van der Waals surface area contributed by atoms with Gasteiger partial charge in [-0.25, -0.2) is 0 Å². The van der Waals surface area contributed by atoms with Crippen molar-refractivity contribution in [1.82, 2.24) is 16.0 Å². The van der Waals surface area contributed by atoms with Crippen molar-refractivity contribution in [3.63, 3.8) is 0 Å². The van der Waals surface area contributed by atoms with Gasteiger partial charge in [0.2, 0.25) is 0 Å². The number of ether oxygens (including phenoxy) is 1. The summed E-state index contributed by atoms with van der Waals surface area (Å²) in [6.07, 6.45) is 0.795. The van der Waals surface area contributed by atoms with Crippen molar-refractivity contribution >= 4 is 11.9 Å². The van der Waals surface area contributed by atoms with Crippen LogP contribution in [0.4, 0.5) is 0 Å². The van der Waals surface area contributed by atoms with Gasteiger partial charge in [0.25, 0.3) is 5.91 Å². The van der Waals surface area contributed by atoms with E-state index in [-0.39, 0.29) is 5.91 Å². The summed E-state index contributed by atoms with van der Waals surface area (Å²) in [4.78, 5) is 16.1. The Morgan fingerprint density at radius 1 is 0.818 bits per heavy atom. The lowest BCUT2D eigenvalue weighted by atomic mass is 10.1. The second-order valence-corrected chi connectivity index (χ2v) is 7.68. The highest BCUT2D eigenvalue weighted by atomic mass is 16.5. The van der Waals surface area contributed by atoms with E-state index >= 15 is 0 Å². The molecular weight excluding hydrogens is 412 g/mol. The third-order valence-electron chi connectivity index (χ3n) is 5.21. The Morgan fingerprint density at radius 3 is 2.18 bits per heavy atom. The number of amides is 1. The molecule has 0 aliphatic heterocycles. The molecule has 0 saturated carbocycles. The topological polar surface area (TPSA) is 74.8 Å². The first kappa shape index (κ1) is 24.0. The van der Waals surface area contributed by atoms with E-state index in [1.807, 2.05) is 42.5 Å². The Bertz CT molecular complexity index is 1030. The summed E-state index contributed by atoms with van der Waals surface area (Å²) in [5.74, 6) is 0.670. The smallest absolute Gasteiger partial charge is 0.251 e. The predicted octanol–water partition coefficient (Wildman–Crippen LogP) is 3.67. The first-order chi connectivity index (χ1) is 16.2. The molecule has 0 aliphatic rings. The van der Waals surface area contributed by atoms with Crippen LogP contribution in [-0.4, -0.2) is 32.5 Å². The number of guanidine groups is 1. The standard InChI is InChI=1S/C27H32N4O2/c1-28-26(32)25-10-6-9-21(17-25)15-16-30-27(29-2)31-18-22-11-13-24(14-12-22)20-33-19-23-7-4-3-5-8-23/h3-14,17H,15-16,18-20H2,1-2H3,(H,28,32)(H2,29,30,31). The van der Waals surface area contributed by atoms with Crippen LogP contribution in [0.1, 0.15) is 32.6 Å². The fraction of sp³-hybridized carbons (Fsp3) is 0.259. The number of nitrogens with one attached hydrogen (secondary N) is 3. The molecule has 6 nitrogen and oxygen atoms in total. The number of carbonyl (C=O) groups is 1. The summed E-state index contributed by atoms with van der Waals surface area (Å²) in [6.45, 7) is 2.60. The molecule has 0 atom stereocenters. The van der Waals surface area contributed by atoms with Gasteiger partial charge >= 0.3 is 0 Å². The summed E-state index contributed by atoms with van der Waals surface area (Å²) < 4.78 is 5.80. The molecule has 3 N–H and O–H groups in total. The molecule has 0 aliphatic carbocycles. The second kappa shape index (κ2) is 13.0. The van der Waals surface area contributed by atoms with Crippen molar-refractivity contribution in [2.75, 3.05) is 20.6 Å². The van der Waals surface area contributed by atoms with Crippen molar-refractivity contribution in [1.29, 1.82) is 0 Å². The van der Waals surface area contributed by atoms with Crippen LogP contribution in [0.2, 0.25) is 0 Å². The normalized spacial score (nSPS) is 11.2. The highest BCUT2D eigenvalue weighted by Crippen LogP contribution is 2.09. The van der Waals surface area contributed by atoms with Crippen LogP contribution in [0.3, 0.4) is 0 Å². The summed E-state index contributed by atoms with van der Waals surface area (Å²) in [5, 5.41) is 9.32. The number of benzene rings is 3. The summed E-state index contributed by atoms with van der Waals surface area (Å²) in [5.41, 5.74) is 5.27. The van der Waals surface area contributed by atoms with Crippen molar-refractivity contribution in [2.45, 2.75) is 26.2 Å². The quantitative estimate of drug-likeness (QED) is 0.330. The maximum absolute atomic E-state index is 11.8. The van der Waals surface area contributed by atoms with Gasteiger partial charge in [-0.1, -0.05) is 66.7 Å². The lowest BCUT2D eigenvalue weighted by molar-refractivity contribution is 0.0963. The molecular formula is C27H32N4O2. The minimum Gasteiger partial charge on any atom is -0.372 e. The van der Waals surface area contributed by atoms with Crippen LogP contribution < -0.4 is 16.0 Å². The zero-order chi connectivity index (χ0) is 23.3. The first-order valence-electron chi connectivity index (χ1n) is 11.1. The SMILES string of the molecule is CN=C(NCCc1cccc(C(=O)NC)c1)NCc1ccc(COCc2ccccc2)cc1. The lowest BCUT2D eigenvalue weighted by Crippen LogP contribution is -2.37. The molecule has 1 amide bonds. The third kappa shape index (κ3) is 8.09. The van der Waals surface area contributed by atoms with Crippen molar-refractivity contribution < 1.29 is 9.53 Å². The highest BCUT2D eigenvalue weighted by molar-refractivity contribution is 5.94. The number of aliphatic imine (C=N–C) groups is 1. The van der Waals surface area contributed by atoms with Crippen molar-refractivity contribution in [3.8, 4) is 0 Å². The van der Waals surface area contributed by atoms with E-state index in [0.717, 1.165) is 23.5 Å². The molecule has 3 aromatic rings. The van der Waals surface area contributed by atoms with E-state index in [1.165, 1.54) is 11.1 Å². The molecule has 0 unspecified atom stereocenters. The lowest BCUT2D eigenvalue weighted by Gasteiger charge is -2.13. The molecule has 0 aromatic heterocycles. The molecule has 172 valence electrons. The molecule has 0 saturated heterocycles. The number of carbonyl (C=O) groups excluding carboxylic acids is 1. The van der Waals surface area contributed by atoms with Crippen LogP contribution in [-0.2, 0) is 30.9 Å². The van der Waals surface area contributed by atoms with Gasteiger partial charge in [0.15, 0.2) is 5.96 Å². The number of hydrogen-bond acceptors (Lipinski definition) is 3. The van der Waals surface area contributed by atoms with Crippen LogP contribution in [0.5, 0.6) is 0 Å². The van der Waals surface area contributed by atoms with Crippen molar-refractivity contribution in [3.05, 3.63) is 107 Å². The second-order valence-electron chi connectivity index (χ2n) is 7.68. The molecule has 6 heteroatoms. The van der Waals surface area contributed by atoms with Crippen molar-refractivity contribution in [2.24, 2.45) is 4.99 Å². The monoisotopic (exact) mass is 444 g/mol. The van der Waals surface area contributed by atoms with Gasteiger partial charge in [0.05, 0.1) is 13.2 Å². The minimum atomic E-state index is -0.0731. The molecule has 0 bridgehead atoms. The van der Waals surface area contributed by atoms with Gasteiger partial charge in [-0.2, -0.15) is 0 Å². The van der Waals surface area contributed by atoms with Gasteiger partial charge in [0, 0.05) is 32.7 Å². The van der Waals surface area contributed by atoms with Gasteiger partial charge < -0.3 is 20.7 Å². The Labute approximate surface area is 196 Å². The Morgan fingerprint density at radius 2 is 1.48 bits per heavy atom. The average molecular weight is 445 g/mol. The van der Waals surface area contributed by atoms with Gasteiger partial charge in [-0.3, -0.25) is 9.79 Å². The molecule has 33 heavy (non-hydrogen) atoms. The number of rotatable bonds is 10. The van der Waals surface area contributed by atoms with E-state index < -0.39 is 0 Å². The zero-order valence-corrected chi connectivity index (χ0v) is 19.3. The van der Waals surface area contributed by atoms with Crippen LogP contribution in [0.25, 0.3) is 0 Å². The molecule has 0 spiro atoms. The number of nitrogens with zero attached hydrogens (tertiary/aromatic N) is 1. The molecule has 3 aromatic carbocycles. The molecule has 0 fully saturated rings. The maximum Gasteiger partial charge on any atom is 0.251 e. The maximum atomic E-state index is 11.8. The number of hydrogen-bond donors (Lipinski definition) is 3. The average Bonchev–Trinajstić information content (AvgIpc) is 2.87. The first-order valence-corrected chi connectivity index (χ1v) is 11.1. The Hall–Kier alpha value is -3.64. The van der Waals surface area contributed by atoms with E-state index in [0.29, 0.717) is 31.9 Å². The molecule has 0 heterocycles. The minimum absolute atomic E-state index is 0.0731. The molecule has 0 radical (unpaired) electrons. The largest absolute Gasteiger partial charge is 0.372 e. The Balaban J connectivity index is 1.39. The molecule has 3 rings (SSSR count). The van der Waals surface area contributed by atoms with Crippen LogP contribution >= 0.6 is 0 Å². The van der Waals surface area contributed by atoms with Gasteiger partial charge in [-0.15, -0.1) is 0 Å². The summed E-state index contributed by atoms with van der Waals surface area (Å²) in [6, 6.07) is 26.2. The summed E-state index contributed by atoms with van der Waals surface area (Å²) >= 11 is 0. The Kier molecular flexibility index (Phi) is 9.48. The highest BCUT2D eigenvalue weighted by Gasteiger charge is 2.04. The van der Waals surface area contributed by atoms with E-state index in [9.17, 15) is 4.79 Å². The summed E-state index contributed by atoms with van der Waals surface area (Å²) in [7, 11) is 3.40. The fourth-order valence-corrected chi connectivity index (χ4v) is 3.36. The van der Waals surface area contributed by atoms with E-state index in [1.54, 1.807) is 14.1 Å². The van der Waals surface area contributed by atoms with Crippen LogP contribution in [0, 0.1) is 0 Å². The van der Waals surface area contributed by atoms with E-state index in [4.69, 9.17) is 4.74 Å². The fourth-order valence-electron chi connectivity index (χ4n) is 3.36. The van der Waals surface area contributed by atoms with Crippen LogP contribution in [0.15, 0.2) is 83.9 Å². The third-order valence-corrected chi connectivity index (χ3v) is 5.21. The zero-order valence-electron chi connectivity index (χ0n) is 19.3. The predicted molar refractivity (Wildman–Crippen MR) is 133 cm³/mol. The van der Waals surface area contributed by atoms with Gasteiger partial charge in [-0.05, 0) is 40.8 Å².